The SMILES string of the molecule is CCNC(=O)Nc1cc2c(-c3ccncc3)ccc(CNC(=O)OCCCN(C)C)c2cn1. The largest absolute Gasteiger partial charge is 0.450 e. The van der Waals surface area contributed by atoms with Crippen LogP contribution in [0.3, 0.4) is 0 Å². The lowest BCUT2D eigenvalue weighted by molar-refractivity contribution is 0.141. The van der Waals surface area contributed by atoms with Gasteiger partial charge in [-0.1, -0.05) is 12.1 Å². The number of pyridine rings is 2. The highest BCUT2D eigenvalue weighted by Crippen LogP contribution is 2.31. The quantitative estimate of drug-likeness (QED) is 0.430. The Hall–Kier alpha value is -3.72. The van der Waals surface area contributed by atoms with E-state index < -0.39 is 6.09 Å². The van der Waals surface area contributed by atoms with Crippen LogP contribution < -0.4 is 16.0 Å². The Kier molecular flexibility index (Phi) is 8.54. The number of hydrogen-bond acceptors (Lipinski definition) is 6. The number of rotatable bonds is 9. The zero-order chi connectivity index (χ0) is 23.6. The maximum atomic E-state index is 12.1. The number of alkyl carbamates (subject to hydrolysis) is 1. The van der Waals surface area contributed by atoms with E-state index in [-0.39, 0.29) is 6.03 Å². The molecule has 0 fully saturated rings. The Bertz CT molecular complexity index is 1090. The molecule has 0 aliphatic heterocycles. The highest BCUT2D eigenvalue weighted by Gasteiger charge is 2.12. The van der Waals surface area contributed by atoms with E-state index in [1.165, 1.54) is 0 Å². The van der Waals surface area contributed by atoms with E-state index in [2.05, 4.69) is 25.9 Å². The summed E-state index contributed by atoms with van der Waals surface area (Å²) in [4.78, 5) is 34.6. The maximum absolute atomic E-state index is 12.1. The molecule has 0 aliphatic rings. The Morgan fingerprint density at radius 3 is 2.58 bits per heavy atom. The number of fused-ring (bicyclic) bond motifs is 1. The number of carbonyl (C=O) groups excluding carboxylic acids is 2. The van der Waals surface area contributed by atoms with Gasteiger partial charge >= 0.3 is 12.1 Å². The van der Waals surface area contributed by atoms with Crippen LogP contribution in [0.15, 0.2) is 48.9 Å². The van der Waals surface area contributed by atoms with Crippen LogP contribution >= 0.6 is 0 Å². The summed E-state index contributed by atoms with van der Waals surface area (Å²) in [5.41, 5.74) is 2.86. The summed E-state index contributed by atoms with van der Waals surface area (Å²) in [7, 11) is 3.96. The second kappa shape index (κ2) is 11.8. The number of nitrogens with zero attached hydrogens (tertiary/aromatic N) is 3. The van der Waals surface area contributed by atoms with E-state index in [0.29, 0.717) is 25.5 Å². The molecule has 3 N–H and O–H groups in total. The molecule has 9 nitrogen and oxygen atoms in total. The second-order valence-corrected chi connectivity index (χ2v) is 7.75. The van der Waals surface area contributed by atoms with Gasteiger partial charge in [0.2, 0.25) is 0 Å². The van der Waals surface area contributed by atoms with Crippen LogP contribution in [0.5, 0.6) is 0 Å². The van der Waals surface area contributed by atoms with Gasteiger partial charge in [0.15, 0.2) is 0 Å². The summed E-state index contributed by atoms with van der Waals surface area (Å²) in [6.45, 7) is 3.88. The molecule has 0 saturated carbocycles. The van der Waals surface area contributed by atoms with Crippen LogP contribution in [0.25, 0.3) is 21.9 Å². The van der Waals surface area contributed by atoms with Crippen molar-refractivity contribution in [3.8, 4) is 11.1 Å². The van der Waals surface area contributed by atoms with Crippen molar-refractivity contribution in [3.63, 3.8) is 0 Å². The average Bonchev–Trinajstić information content (AvgIpc) is 2.80. The summed E-state index contributed by atoms with van der Waals surface area (Å²) < 4.78 is 5.25. The molecule has 0 aliphatic carbocycles. The highest BCUT2D eigenvalue weighted by molar-refractivity contribution is 6.00. The van der Waals surface area contributed by atoms with Gasteiger partial charge in [-0.3, -0.25) is 10.3 Å². The van der Waals surface area contributed by atoms with Gasteiger partial charge in [-0.2, -0.15) is 0 Å². The Morgan fingerprint density at radius 2 is 1.85 bits per heavy atom. The molecule has 3 rings (SSSR count). The normalized spacial score (nSPS) is 10.8. The third kappa shape index (κ3) is 6.88. The van der Waals surface area contributed by atoms with Gasteiger partial charge in [-0.25, -0.2) is 14.6 Å². The molecule has 0 spiro atoms. The summed E-state index contributed by atoms with van der Waals surface area (Å²) in [6.07, 6.45) is 5.49. The van der Waals surface area contributed by atoms with Crippen molar-refractivity contribution in [1.82, 2.24) is 25.5 Å². The van der Waals surface area contributed by atoms with E-state index >= 15 is 0 Å². The average molecular weight is 451 g/mol. The van der Waals surface area contributed by atoms with Crippen molar-refractivity contribution in [2.45, 2.75) is 19.9 Å². The molecule has 33 heavy (non-hydrogen) atoms. The third-order valence-electron chi connectivity index (χ3n) is 4.97. The number of urea groups is 1. The molecule has 0 bridgehead atoms. The minimum Gasteiger partial charge on any atom is -0.450 e. The fraction of sp³-hybridized carbons (Fsp3) is 0.333. The molecule has 2 aromatic heterocycles. The monoisotopic (exact) mass is 450 g/mol. The van der Waals surface area contributed by atoms with Gasteiger partial charge in [-0.15, -0.1) is 0 Å². The Morgan fingerprint density at radius 1 is 1.06 bits per heavy atom. The van der Waals surface area contributed by atoms with Crippen LogP contribution in [0.2, 0.25) is 0 Å². The molecule has 0 unspecified atom stereocenters. The summed E-state index contributed by atoms with van der Waals surface area (Å²) in [5, 5.41) is 10.0. The van der Waals surface area contributed by atoms with E-state index in [9.17, 15) is 9.59 Å². The molecule has 2 heterocycles. The van der Waals surface area contributed by atoms with E-state index in [1.54, 1.807) is 18.6 Å². The lowest BCUT2D eigenvalue weighted by Crippen LogP contribution is -2.28. The van der Waals surface area contributed by atoms with Crippen LogP contribution in [-0.4, -0.2) is 60.8 Å². The second-order valence-electron chi connectivity index (χ2n) is 7.75. The molecular formula is C24H30N6O3. The molecule has 3 amide bonds. The van der Waals surface area contributed by atoms with E-state index in [4.69, 9.17) is 4.74 Å². The fourth-order valence-electron chi connectivity index (χ4n) is 3.39. The lowest BCUT2D eigenvalue weighted by Gasteiger charge is -2.14. The summed E-state index contributed by atoms with van der Waals surface area (Å²) in [5.74, 6) is 0.439. The van der Waals surface area contributed by atoms with Crippen molar-refractivity contribution in [1.29, 1.82) is 0 Å². The van der Waals surface area contributed by atoms with Gasteiger partial charge in [0.05, 0.1) is 6.61 Å². The number of ether oxygens (including phenoxy) is 1. The molecule has 0 saturated heterocycles. The first kappa shape index (κ1) is 23.9. The topological polar surface area (TPSA) is 108 Å². The van der Waals surface area contributed by atoms with Gasteiger partial charge in [-0.05, 0) is 67.7 Å². The number of aromatic nitrogens is 2. The molecule has 1 aromatic carbocycles. The minimum atomic E-state index is -0.456. The molecule has 3 aromatic rings. The maximum Gasteiger partial charge on any atom is 0.407 e. The number of anilines is 1. The number of hydrogen-bond donors (Lipinski definition) is 3. The molecule has 0 radical (unpaired) electrons. The number of benzene rings is 1. The molecule has 9 heteroatoms. The standard InChI is InChI=1S/C24H30N6O3/c1-4-26-23(31)29-22-14-20-19(17-8-10-25-11-9-17)7-6-18(21(20)16-27-22)15-28-24(32)33-13-5-12-30(2)3/h6-11,14,16H,4-5,12-13,15H2,1-3H3,(H,28,32)(H2,26,27,29,31). The lowest BCUT2D eigenvalue weighted by atomic mass is 9.96. The van der Waals surface area contributed by atoms with E-state index in [0.717, 1.165) is 40.4 Å². The fourth-order valence-corrected chi connectivity index (χ4v) is 3.39. The van der Waals surface area contributed by atoms with Crippen molar-refractivity contribution < 1.29 is 14.3 Å². The zero-order valence-electron chi connectivity index (χ0n) is 19.2. The number of carbonyl (C=O) groups is 2. The number of nitrogens with one attached hydrogen (secondary N) is 3. The van der Waals surface area contributed by atoms with Crippen molar-refractivity contribution >= 4 is 28.7 Å². The van der Waals surface area contributed by atoms with E-state index in [1.807, 2.05) is 56.3 Å². The predicted octanol–water partition coefficient (Wildman–Crippen LogP) is 3.62. The summed E-state index contributed by atoms with van der Waals surface area (Å²) in [6, 6.07) is 9.33. The highest BCUT2D eigenvalue weighted by atomic mass is 16.5. The first-order valence-electron chi connectivity index (χ1n) is 10.9. The van der Waals surface area contributed by atoms with Gasteiger partial charge in [0, 0.05) is 43.6 Å². The van der Waals surface area contributed by atoms with Gasteiger partial charge in [0.25, 0.3) is 0 Å². The van der Waals surface area contributed by atoms with Crippen LogP contribution in [0.4, 0.5) is 15.4 Å². The third-order valence-corrected chi connectivity index (χ3v) is 4.97. The Labute approximate surface area is 193 Å². The molecular weight excluding hydrogens is 420 g/mol. The first-order valence-corrected chi connectivity index (χ1v) is 10.9. The summed E-state index contributed by atoms with van der Waals surface area (Å²) >= 11 is 0. The van der Waals surface area contributed by atoms with Crippen molar-refractivity contribution in [2.75, 3.05) is 39.1 Å². The Balaban J connectivity index is 1.82. The van der Waals surface area contributed by atoms with Crippen molar-refractivity contribution in [3.05, 3.63) is 54.5 Å². The van der Waals surface area contributed by atoms with Crippen LogP contribution in [0, 0.1) is 0 Å². The molecule has 174 valence electrons. The molecule has 0 atom stereocenters. The number of amides is 3. The first-order chi connectivity index (χ1) is 16.0. The predicted molar refractivity (Wildman–Crippen MR) is 129 cm³/mol. The zero-order valence-corrected chi connectivity index (χ0v) is 19.2. The van der Waals surface area contributed by atoms with Gasteiger partial charge in [0.1, 0.15) is 5.82 Å². The minimum absolute atomic E-state index is 0.296. The smallest absolute Gasteiger partial charge is 0.407 e. The van der Waals surface area contributed by atoms with Crippen molar-refractivity contribution in [2.24, 2.45) is 0 Å². The van der Waals surface area contributed by atoms with Gasteiger partial charge < -0.3 is 20.3 Å². The van der Waals surface area contributed by atoms with Crippen LogP contribution in [0.1, 0.15) is 18.9 Å². The van der Waals surface area contributed by atoms with Crippen LogP contribution in [-0.2, 0) is 11.3 Å².